The summed E-state index contributed by atoms with van der Waals surface area (Å²) >= 11 is 0. The third-order valence-corrected chi connectivity index (χ3v) is 5.67. The van der Waals surface area contributed by atoms with E-state index in [0.717, 1.165) is 42.9 Å². The van der Waals surface area contributed by atoms with Crippen molar-refractivity contribution >= 4 is 0 Å². The Morgan fingerprint density at radius 1 is 1.08 bits per heavy atom. The van der Waals surface area contributed by atoms with E-state index in [2.05, 4.69) is 36.4 Å². The molecule has 1 N–H and O–H groups in total. The number of ether oxygens (including phenoxy) is 2. The van der Waals surface area contributed by atoms with Gasteiger partial charge in [0.05, 0.1) is 19.3 Å². The molecule has 1 saturated carbocycles. The highest BCUT2D eigenvalue weighted by Crippen LogP contribution is 2.36. The van der Waals surface area contributed by atoms with Crippen LogP contribution in [0, 0.1) is 11.8 Å². The Morgan fingerprint density at radius 2 is 1.85 bits per heavy atom. The molecule has 0 radical (unpaired) electrons. The summed E-state index contributed by atoms with van der Waals surface area (Å²) in [6, 6.07) is 4.40. The van der Waals surface area contributed by atoms with Crippen molar-refractivity contribution < 1.29 is 9.47 Å². The van der Waals surface area contributed by atoms with E-state index in [0.29, 0.717) is 0 Å². The third-order valence-electron chi connectivity index (χ3n) is 5.67. The van der Waals surface area contributed by atoms with Crippen molar-refractivity contribution in [2.75, 3.05) is 40.9 Å². The second kappa shape index (κ2) is 9.61. The van der Waals surface area contributed by atoms with Gasteiger partial charge in [-0.1, -0.05) is 12.5 Å². The molecule has 0 unspecified atom stereocenters. The summed E-state index contributed by atoms with van der Waals surface area (Å²) in [5.41, 5.74) is 2.54. The summed E-state index contributed by atoms with van der Waals surface area (Å²) in [5.74, 6) is 3.70. The number of methoxy groups -OCH3 is 1. The van der Waals surface area contributed by atoms with Gasteiger partial charge in [-0.15, -0.1) is 0 Å². The molecule has 1 aromatic rings. The minimum Gasteiger partial charge on any atom is -0.496 e. The Kier molecular flexibility index (Phi) is 7.21. The molecule has 2 fully saturated rings. The van der Waals surface area contributed by atoms with Crippen molar-refractivity contribution in [2.45, 2.75) is 51.5 Å². The molecule has 2 aliphatic rings. The van der Waals surface area contributed by atoms with E-state index in [4.69, 9.17) is 9.47 Å². The van der Waals surface area contributed by atoms with E-state index < -0.39 is 0 Å². The quantitative estimate of drug-likeness (QED) is 0.687. The van der Waals surface area contributed by atoms with Crippen molar-refractivity contribution in [3.63, 3.8) is 0 Å². The Morgan fingerprint density at radius 3 is 2.50 bits per heavy atom. The Hall–Kier alpha value is -1.26. The highest BCUT2D eigenvalue weighted by Gasteiger charge is 2.23. The van der Waals surface area contributed by atoms with Gasteiger partial charge < -0.3 is 19.7 Å². The number of nitrogens with zero attached hydrogens (tertiary/aromatic N) is 1. The summed E-state index contributed by atoms with van der Waals surface area (Å²) < 4.78 is 12.0. The monoisotopic (exact) mass is 360 g/mol. The van der Waals surface area contributed by atoms with Crippen molar-refractivity contribution in [3.8, 4) is 11.5 Å². The fourth-order valence-electron chi connectivity index (χ4n) is 3.95. The average molecular weight is 361 g/mol. The summed E-state index contributed by atoms with van der Waals surface area (Å²) in [7, 11) is 6.01. The van der Waals surface area contributed by atoms with Crippen LogP contribution in [0.4, 0.5) is 0 Å². The normalized spacial score (nSPS) is 18.3. The van der Waals surface area contributed by atoms with Gasteiger partial charge in [0.25, 0.3) is 0 Å². The lowest BCUT2D eigenvalue weighted by atomic mass is 9.91. The van der Waals surface area contributed by atoms with Crippen molar-refractivity contribution in [2.24, 2.45) is 11.8 Å². The first-order chi connectivity index (χ1) is 12.7. The van der Waals surface area contributed by atoms with E-state index in [1.165, 1.54) is 62.7 Å². The van der Waals surface area contributed by atoms with Gasteiger partial charge in [-0.05, 0) is 89.2 Å². The molecule has 1 aliphatic carbocycles. The largest absolute Gasteiger partial charge is 0.496 e. The number of rotatable bonds is 10. The molecule has 1 aromatic carbocycles. The van der Waals surface area contributed by atoms with Crippen molar-refractivity contribution in [1.29, 1.82) is 0 Å². The highest BCUT2D eigenvalue weighted by atomic mass is 16.5. The molecular formula is C22H36N2O2. The number of hydrogen-bond donors (Lipinski definition) is 1. The lowest BCUT2D eigenvalue weighted by Gasteiger charge is -2.23. The van der Waals surface area contributed by atoms with Gasteiger partial charge in [-0.2, -0.15) is 0 Å². The van der Waals surface area contributed by atoms with Crippen LogP contribution in [0.2, 0.25) is 0 Å². The van der Waals surface area contributed by atoms with Crippen molar-refractivity contribution in [1.82, 2.24) is 10.2 Å². The van der Waals surface area contributed by atoms with Crippen LogP contribution >= 0.6 is 0 Å². The minimum absolute atomic E-state index is 0.762. The van der Waals surface area contributed by atoms with E-state index in [9.17, 15) is 0 Å². The molecule has 3 rings (SSSR count). The number of piperidine rings is 1. The molecule has 4 nitrogen and oxygen atoms in total. The van der Waals surface area contributed by atoms with Gasteiger partial charge in [0.15, 0.2) is 0 Å². The number of benzene rings is 1. The summed E-state index contributed by atoms with van der Waals surface area (Å²) in [6.45, 7) is 4.08. The van der Waals surface area contributed by atoms with Crippen LogP contribution < -0.4 is 14.8 Å². The van der Waals surface area contributed by atoms with Crippen LogP contribution in [0.5, 0.6) is 11.5 Å². The van der Waals surface area contributed by atoms with Crippen LogP contribution in [0.1, 0.15) is 49.7 Å². The second-order valence-corrected chi connectivity index (χ2v) is 8.31. The standard InChI is InChI=1S/C22H36N2O2/c1-24(2)15-20-21(26-16-18-7-8-18)10-9-19(22(20)25-3)6-4-5-17-11-13-23-14-12-17/h9-10,17-18,23H,4-8,11-16H2,1-3H3. The molecule has 0 amide bonds. The molecular weight excluding hydrogens is 324 g/mol. The van der Waals surface area contributed by atoms with Gasteiger partial charge >= 0.3 is 0 Å². The maximum atomic E-state index is 6.15. The van der Waals surface area contributed by atoms with Gasteiger partial charge in [-0.3, -0.25) is 0 Å². The molecule has 0 aromatic heterocycles. The Bertz CT molecular complexity index is 564. The zero-order valence-electron chi connectivity index (χ0n) is 16.9. The summed E-state index contributed by atoms with van der Waals surface area (Å²) in [6.07, 6.45) is 8.95. The number of aryl methyl sites for hydroxylation is 1. The molecule has 1 saturated heterocycles. The topological polar surface area (TPSA) is 33.7 Å². The van der Waals surface area contributed by atoms with Crippen LogP contribution in [0.25, 0.3) is 0 Å². The van der Waals surface area contributed by atoms with E-state index >= 15 is 0 Å². The van der Waals surface area contributed by atoms with Gasteiger partial charge in [0, 0.05) is 6.54 Å². The fraction of sp³-hybridized carbons (Fsp3) is 0.727. The van der Waals surface area contributed by atoms with Crippen molar-refractivity contribution in [3.05, 3.63) is 23.3 Å². The maximum Gasteiger partial charge on any atom is 0.130 e. The molecule has 0 spiro atoms. The summed E-state index contributed by atoms with van der Waals surface area (Å²) in [5, 5.41) is 3.46. The molecule has 0 bridgehead atoms. The van der Waals surface area contributed by atoms with Crippen LogP contribution in [0.15, 0.2) is 12.1 Å². The molecule has 1 aliphatic heterocycles. The van der Waals surface area contributed by atoms with Crippen LogP contribution in [-0.2, 0) is 13.0 Å². The Labute approximate surface area is 159 Å². The van der Waals surface area contributed by atoms with Gasteiger partial charge in [-0.25, -0.2) is 0 Å². The smallest absolute Gasteiger partial charge is 0.130 e. The predicted molar refractivity (Wildman–Crippen MR) is 107 cm³/mol. The zero-order valence-corrected chi connectivity index (χ0v) is 16.9. The van der Waals surface area contributed by atoms with Gasteiger partial charge in [0.1, 0.15) is 11.5 Å². The number of hydrogen-bond acceptors (Lipinski definition) is 4. The molecule has 26 heavy (non-hydrogen) atoms. The minimum atomic E-state index is 0.762. The predicted octanol–water partition coefficient (Wildman–Crippen LogP) is 3.87. The molecule has 1 heterocycles. The molecule has 4 heteroatoms. The number of nitrogens with one attached hydrogen (secondary N) is 1. The van der Waals surface area contributed by atoms with E-state index in [-0.39, 0.29) is 0 Å². The van der Waals surface area contributed by atoms with Crippen LogP contribution in [-0.4, -0.2) is 45.8 Å². The van der Waals surface area contributed by atoms with Gasteiger partial charge in [0.2, 0.25) is 0 Å². The zero-order chi connectivity index (χ0) is 18.4. The van der Waals surface area contributed by atoms with E-state index in [1.54, 1.807) is 7.11 Å². The first kappa shape index (κ1) is 19.5. The summed E-state index contributed by atoms with van der Waals surface area (Å²) in [4.78, 5) is 2.20. The van der Waals surface area contributed by atoms with Crippen LogP contribution in [0.3, 0.4) is 0 Å². The average Bonchev–Trinajstić information content (AvgIpc) is 3.46. The van der Waals surface area contributed by atoms with E-state index in [1.807, 2.05) is 0 Å². The second-order valence-electron chi connectivity index (χ2n) is 8.31. The maximum absolute atomic E-state index is 6.15. The third kappa shape index (κ3) is 5.62. The first-order valence-electron chi connectivity index (χ1n) is 10.3. The highest BCUT2D eigenvalue weighted by molar-refractivity contribution is 5.50. The first-order valence-corrected chi connectivity index (χ1v) is 10.3. The molecule has 0 atom stereocenters. The molecule has 146 valence electrons. The SMILES string of the molecule is COc1c(CCCC2CCNCC2)ccc(OCC2CC2)c1CN(C)C. The fourth-order valence-corrected chi connectivity index (χ4v) is 3.95. The lowest BCUT2D eigenvalue weighted by molar-refractivity contribution is 0.285. The Balaban J connectivity index is 1.66. The lowest BCUT2D eigenvalue weighted by Crippen LogP contribution is -2.27.